The molecule has 0 aliphatic heterocycles. The smallest absolute Gasteiger partial charge is 0.0679 e. The van der Waals surface area contributed by atoms with Crippen LogP contribution in [0.2, 0.25) is 0 Å². The van der Waals surface area contributed by atoms with Crippen molar-refractivity contribution in [1.82, 2.24) is 0 Å². The second kappa shape index (κ2) is 7.76. The maximum atomic E-state index is 4.88. The minimum Gasteiger partial charge on any atom is -0.305 e. The second-order valence-electron chi connectivity index (χ2n) is 2.99. The summed E-state index contributed by atoms with van der Waals surface area (Å²) in [5, 5.41) is 0. The van der Waals surface area contributed by atoms with Crippen LogP contribution in [0.15, 0.2) is 12.2 Å². The third kappa shape index (κ3) is 9.66. The van der Waals surface area contributed by atoms with Gasteiger partial charge in [0.25, 0.3) is 0 Å². The molecule has 0 aromatic carbocycles. The number of allylic oxidation sites excluding steroid dienone is 1. The average molecular weight is 157 g/mol. The lowest BCUT2D eigenvalue weighted by Crippen LogP contribution is -2.00. The number of unbranched alkanes of at least 4 members (excludes halogenated alkanes) is 3. The summed E-state index contributed by atoms with van der Waals surface area (Å²) in [4.78, 5) is 4.45. The van der Waals surface area contributed by atoms with Crippen molar-refractivity contribution >= 4 is 0 Å². The maximum absolute atomic E-state index is 4.88. The molecule has 0 saturated carbocycles. The first kappa shape index (κ1) is 10.7. The van der Waals surface area contributed by atoms with E-state index < -0.39 is 0 Å². The lowest BCUT2D eigenvalue weighted by molar-refractivity contribution is 0.133. The third-order valence-electron chi connectivity index (χ3n) is 1.62. The van der Waals surface area contributed by atoms with E-state index in [1.165, 1.54) is 24.8 Å². The van der Waals surface area contributed by atoms with E-state index in [9.17, 15) is 0 Å². The van der Waals surface area contributed by atoms with Crippen molar-refractivity contribution in [2.75, 3.05) is 6.61 Å². The SMILES string of the molecule is C=C(C)CCCCCCON. The van der Waals surface area contributed by atoms with E-state index in [1.54, 1.807) is 0 Å². The Morgan fingerprint density at radius 1 is 1.27 bits per heavy atom. The van der Waals surface area contributed by atoms with Crippen LogP contribution < -0.4 is 5.90 Å². The Balaban J connectivity index is 2.85. The summed E-state index contributed by atoms with van der Waals surface area (Å²) < 4.78 is 0. The van der Waals surface area contributed by atoms with Gasteiger partial charge in [0.1, 0.15) is 0 Å². The molecule has 0 saturated heterocycles. The number of hydrogen-bond acceptors (Lipinski definition) is 2. The molecular weight excluding hydrogens is 138 g/mol. The fourth-order valence-corrected chi connectivity index (χ4v) is 0.966. The van der Waals surface area contributed by atoms with Crippen LogP contribution in [0.25, 0.3) is 0 Å². The Morgan fingerprint density at radius 2 is 1.91 bits per heavy atom. The maximum Gasteiger partial charge on any atom is 0.0679 e. The van der Waals surface area contributed by atoms with E-state index in [0.717, 1.165) is 12.8 Å². The number of nitrogens with two attached hydrogens (primary N) is 1. The van der Waals surface area contributed by atoms with Gasteiger partial charge in [-0.2, -0.15) is 0 Å². The highest BCUT2D eigenvalue weighted by molar-refractivity contribution is 4.86. The molecule has 2 nitrogen and oxygen atoms in total. The van der Waals surface area contributed by atoms with Gasteiger partial charge in [0.15, 0.2) is 0 Å². The molecule has 11 heavy (non-hydrogen) atoms. The highest BCUT2D eigenvalue weighted by atomic mass is 16.6. The molecule has 0 atom stereocenters. The summed E-state index contributed by atoms with van der Waals surface area (Å²) in [6.07, 6.45) is 5.96. The molecule has 0 heterocycles. The Morgan fingerprint density at radius 3 is 2.45 bits per heavy atom. The normalized spacial score (nSPS) is 10.0. The molecule has 0 bridgehead atoms. The van der Waals surface area contributed by atoms with Crippen LogP contribution in [0.1, 0.15) is 39.0 Å². The van der Waals surface area contributed by atoms with Crippen LogP contribution >= 0.6 is 0 Å². The van der Waals surface area contributed by atoms with E-state index in [1.807, 2.05) is 0 Å². The van der Waals surface area contributed by atoms with Crippen molar-refractivity contribution in [3.63, 3.8) is 0 Å². The Bertz CT molecular complexity index is 102. The summed E-state index contributed by atoms with van der Waals surface area (Å²) in [5.74, 6) is 4.88. The van der Waals surface area contributed by atoms with E-state index in [2.05, 4.69) is 18.3 Å². The number of rotatable bonds is 7. The van der Waals surface area contributed by atoms with Gasteiger partial charge in [0.2, 0.25) is 0 Å². The molecule has 0 aliphatic carbocycles. The van der Waals surface area contributed by atoms with Gasteiger partial charge in [-0.15, -0.1) is 6.58 Å². The molecule has 2 heteroatoms. The highest BCUT2D eigenvalue weighted by Gasteiger charge is 1.90. The summed E-state index contributed by atoms with van der Waals surface area (Å²) in [5.41, 5.74) is 1.28. The van der Waals surface area contributed by atoms with Gasteiger partial charge in [0.05, 0.1) is 6.61 Å². The van der Waals surface area contributed by atoms with E-state index in [4.69, 9.17) is 5.90 Å². The fraction of sp³-hybridized carbons (Fsp3) is 0.778. The highest BCUT2D eigenvalue weighted by Crippen LogP contribution is 2.07. The van der Waals surface area contributed by atoms with Gasteiger partial charge >= 0.3 is 0 Å². The molecule has 0 radical (unpaired) electrons. The number of hydrogen-bond donors (Lipinski definition) is 1. The lowest BCUT2D eigenvalue weighted by Gasteiger charge is -1.99. The monoisotopic (exact) mass is 157 g/mol. The van der Waals surface area contributed by atoms with Crippen molar-refractivity contribution in [3.8, 4) is 0 Å². The van der Waals surface area contributed by atoms with Crippen molar-refractivity contribution in [1.29, 1.82) is 0 Å². The van der Waals surface area contributed by atoms with Crippen LogP contribution in [0, 0.1) is 0 Å². The summed E-state index contributed by atoms with van der Waals surface area (Å²) in [7, 11) is 0. The van der Waals surface area contributed by atoms with Gasteiger partial charge < -0.3 is 4.84 Å². The van der Waals surface area contributed by atoms with Gasteiger partial charge in [-0.25, -0.2) is 5.90 Å². The quantitative estimate of drug-likeness (QED) is 0.350. The molecule has 0 fully saturated rings. The predicted molar refractivity (Wildman–Crippen MR) is 48.0 cm³/mol. The zero-order valence-corrected chi connectivity index (χ0v) is 7.44. The first-order chi connectivity index (χ1) is 5.27. The molecule has 0 aliphatic rings. The minimum atomic E-state index is 0.688. The lowest BCUT2D eigenvalue weighted by atomic mass is 10.1. The fourth-order valence-electron chi connectivity index (χ4n) is 0.966. The Hall–Kier alpha value is -0.340. The van der Waals surface area contributed by atoms with Crippen LogP contribution in [0.5, 0.6) is 0 Å². The Labute approximate surface area is 69.4 Å². The predicted octanol–water partition coefficient (Wildman–Crippen LogP) is 2.40. The van der Waals surface area contributed by atoms with E-state index in [0.29, 0.717) is 6.61 Å². The largest absolute Gasteiger partial charge is 0.305 e. The van der Waals surface area contributed by atoms with Gasteiger partial charge in [-0.1, -0.05) is 18.4 Å². The molecule has 0 aromatic heterocycles. The zero-order valence-electron chi connectivity index (χ0n) is 7.44. The molecule has 2 N–H and O–H groups in total. The molecule has 0 spiro atoms. The van der Waals surface area contributed by atoms with E-state index in [-0.39, 0.29) is 0 Å². The standard InChI is InChI=1S/C9H19NO/c1-9(2)7-5-3-4-6-8-11-10/h1,3-8,10H2,2H3. The van der Waals surface area contributed by atoms with Gasteiger partial charge in [0, 0.05) is 0 Å². The first-order valence-electron chi connectivity index (χ1n) is 4.23. The molecule has 66 valence electrons. The molecule has 0 amide bonds. The van der Waals surface area contributed by atoms with Crippen molar-refractivity contribution in [3.05, 3.63) is 12.2 Å². The van der Waals surface area contributed by atoms with Crippen LogP contribution in [0.4, 0.5) is 0 Å². The van der Waals surface area contributed by atoms with Gasteiger partial charge in [-0.3, -0.25) is 0 Å². The summed E-state index contributed by atoms with van der Waals surface area (Å²) >= 11 is 0. The van der Waals surface area contributed by atoms with Gasteiger partial charge in [-0.05, 0) is 26.2 Å². The van der Waals surface area contributed by atoms with Crippen molar-refractivity contribution < 1.29 is 4.84 Å². The molecule has 0 aromatic rings. The summed E-state index contributed by atoms with van der Waals surface area (Å²) in [6, 6.07) is 0. The second-order valence-corrected chi connectivity index (χ2v) is 2.99. The summed E-state index contributed by atoms with van der Waals surface area (Å²) in [6.45, 7) is 6.60. The zero-order chi connectivity index (χ0) is 8.53. The topological polar surface area (TPSA) is 35.2 Å². The van der Waals surface area contributed by atoms with Crippen LogP contribution in [-0.2, 0) is 4.84 Å². The van der Waals surface area contributed by atoms with Crippen molar-refractivity contribution in [2.24, 2.45) is 5.90 Å². The molecule has 0 rings (SSSR count). The molecule has 0 unspecified atom stereocenters. The van der Waals surface area contributed by atoms with E-state index >= 15 is 0 Å². The molecular formula is C9H19NO. The average Bonchev–Trinajstić information content (AvgIpc) is 1.96. The first-order valence-corrected chi connectivity index (χ1v) is 4.23. The minimum absolute atomic E-state index is 0.688. The Kier molecular flexibility index (Phi) is 7.52. The van der Waals surface area contributed by atoms with Crippen LogP contribution in [-0.4, -0.2) is 6.61 Å². The van der Waals surface area contributed by atoms with Crippen molar-refractivity contribution in [2.45, 2.75) is 39.0 Å². The van der Waals surface area contributed by atoms with Crippen LogP contribution in [0.3, 0.4) is 0 Å². The third-order valence-corrected chi connectivity index (χ3v) is 1.62.